The fourth-order valence-electron chi connectivity index (χ4n) is 3.36. The second kappa shape index (κ2) is 13.7. The number of benzene rings is 2. The molecule has 0 heterocycles. The lowest BCUT2D eigenvalue weighted by molar-refractivity contribution is -0.141. The van der Waals surface area contributed by atoms with Crippen LogP contribution in [0.1, 0.15) is 45.6 Å². The Labute approximate surface area is 202 Å². The number of hydrogen-bond donors (Lipinski definition) is 1. The van der Waals surface area contributed by atoms with Crippen LogP contribution in [0.15, 0.2) is 48.5 Å². The van der Waals surface area contributed by atoms with Crippen molar-refractivity contribution in [3.05, 3.63) is 59.1 Å². The summed E-state index contributed by atoms with van der Waals surface area (Å²) in [5.41, 5.74) is 0.941. The standard InChI is InChI=1S/C26H35ClN2O4/c1-5-24(26(31)28-17-19(2)3)29(18-20-8-12-22(32-4)13-9-20)25(30)7-6-16-33-23-14-10-21(27)11-15-23/h8-15,19,24H,5-7,16-18H2,1-4H3,(H,28,31)/t24-/m1/s1. The van der Waals surface area contributed by atoms with E-state index in [2.05, 4.69) is 5.32 Å². The largest absolute Gasteiger partial charge is 0.497 e. The molecule has 1 atom stereocenters. The molecule has 0 fully saturated rings. The van der Waals surface area contributed by atoms with Crippen LogP contribution in [0.25, 0.3) is 0 Å². The number of carbonyl (C=O) groups excluding carboxylic acids is 2. The first-order valence-corrected chi connectivity index (χ1v) is 11.8. The van der Waals surface area contributed by atoms with Gasteiger partial charge in [-0.1, -0.05) is 44.5 Å². The Balaban J connectivity index is 2.05. The molecule has 2 aromatic carbocycles. The van der Waals surface area contributed by atoms with Crippen LogP contribution in [0.3, 0.4) is 0 Å². The predicted octanol–water partition coefficient (Wildman–Crippen LogP) is 5.09. The van der Waals surface area contributed by atoms with Crippen molar-refractivity contribution in [1.29, 1.82) is 0 Å². The molecule has 0 aromatic heterocycles. The molecule has 2 amide bonds. The van der Waals surface area contributed by atoms with Gasteiger partial charge in [0.05, 0.1) is 13.7 Å². The van der Waals surface area contributed by atoms with E-state index in [4.69, 9.17) is 21.1 Å². The van der Waals surface area contributed by atoms with Crippen molar-refractivity contribution in [3.8, 4) is 11.5 Å². The smallest absolute Gasteiger partial charge is 0.242 e. The molecule has 0 unspecified atom stereocenters. The molecule has 0 spiro atoms. The van der Waals surface area contributed by atoms with Crippen LogP contribution in [-0.2, 0) is 16.1 Å². The summed E-state index contributed by atoms with van der Waals surface area (Å²) in [4.78, 5) is 27.8. The molecular formula is C26H35ClN2O4. The number of nitrogens with zero attached hydrogens (tertiary/aromatic N) is 1. The Morgan fingerprint density at radius 3 is 2.24 bits per heavy atom. The van der Waals surface area contributed by atoms with E-state index in [0.29, 0.717) is 49.2 Å². The minimum absolute atomic E-state index is 0.0722. The van der Waals surface area contributed by atoms with Crippen molar-refractivity contribution in [3.63, 3.8) is 0 Å². The third kappa shape index (κ3) is 8.97. The van der Waals surface area contributed by atoms with E-state index >= 15 is 0 Å². The van der Waals surface area contributed by atoms with Crippen molar-refractivity contribution < 1.29 is 19.1 Å². The maximum atomic E-state index is 13.2. The first-order valence-electron chi connectivity index (χ1n) is 11.4. The number of amides is 2. The van der Waals surface area contributed by atoms with Gasteiger partial charge < -0.3 is 19.7 Å². The molecule has 1 N–H and O–H groups in total. The molecule has 180 valence electrons. The molecule has 0 radical (unpaired) electrons. The van der Waals surface area contributed by atoms with E-state index in [0.717, 1.165) is 11.3 Å². The van der Waals surface area contributed by atoms with Crippen LogP contribution in [0.5, 0.6) is 11.5 Å². The minimum Gasteiger partial charge on any atom is -0.497 e. The van der Waals surface area contributed by atoms with Crippen LogP contribution in [0.2, 0.25) is 5.02 Å². The van der Waals surface area contributed by atoms with Crippen molar-refractivity contribution in [2.75, 3.05) is 20.3 Å². The summed E-state index contributed by atoms with van der Waals surface area (Å²) in [7, 11) is 1.61. The van der Waals surface area contributed by atoms with Crippen LogP contribution in [0, 0.1) is 5.92 Å². The van der Waals surface area contributed by atoms with Crippen molar-refractivity contribution in [2.24, 2.45) is 5.92 Å². The fourth-order valence-corrected chi connectivity index (χ4v) is 3.48. The molecule has 33 heavy (non-hydrogen) atoms. The number of rotatable bonds is 13. The summed E-state index contributed by atoms with van der Waals surface area (Å²) in [5.74, 6) is 1.60. The second-order valence-corrected chi connectivity index (χ2v) is 8.78. The number of nitrogens with one attached hydrogen (secondary N) is 1. The molecule has 0 saturated carbocycles. The van der Waals surface area contributed by atoms with Gasteiger partial charge in [0.1, 0.15) is 17.5 Å². The Hall–Kier alpha value is -2.73. The van der Waals surface area contributed by atoms with Gasteiger partial charge in [-0.05, 0) is 60.7 Å². The molecule has 7 heteroatoms. The summed E-state index contributed by atoms with van der Waals surface area (Å²) >= 11 is 5.90. The summed E-state index contributed by atoms with van der Waals surface area (Å²) in [6.45, 7) is 7.35. The number of carbonyl (C=O) groups is 2. The maximum Gasteiger partial charge on any atom is 0.242 e. The molecule has 6 nitrogen and oxygen atoms in total. The highest BCUT2D eigenvalue weighted by atomic mass is 35.5. The zero-order valence-corrected chi connectivity index (χ0v) is 20.7. The number of methoxy groups -OCH3 is 1. The normalized spacial score (nSPS) is 11.7. The number of hydrogen-bond acceptors (Lipinski definition) is 4. The molecule has 2 aromatic rings. The van der Waals surface area contributed by atoms with Crippen LogP contribution in [-0.4, -0.2) is 43.0 Å². The third-order valence-corrected chi connectivity index (χ3v) is 5.45. The first kappa shape index (κ1) is 26.5. The Bertz CT molecular complexity index is 869. The van der Waals surface area contributed by atoms with Crippen molar-refractivity contribution >= 4 is 23.4 Å². The lowest BCUT2D eigenvalue weighted by Crippen LogP contribution is -2.49. The summed E-state index contributed by atoms with van der Waals surface area (Å²) in [6, 6.07) is 14.1. The molecule has 0 saturated heterocycles. The van der Waals surface area contributed by atoms with E-state index < -0.39 is 6.04 Å². The van der Waals surface area contributed by atoms with Crippen LogP contribution < -0.4 is 14.8 Å². The van der Waals surface area contributed by atoms with Crippen molar-refractivity contribution in [2.45, 2.75) is 52.6 Å². The monoisotopic (exact) mass is 474 g/mol. The van der Waals surface area contributed by atoms with Gasteiger partial charge in [0, 0.05) is 24.5 Å². The predicted molar refractivity (Wildman–Crippen MR) is 132 cm³/mol. The maximum absolute atomic E-state index is 13.2. The highest BCUT2D eigenvalue weighted by molar-refractivity contribution is 6.30. The second-order valence-electron chi connectivity index (χ2n) is 8.34. The van der Waals surface area contributed by atoms with Gasteiger partial charge in [-0.3, -0.25) is 9.59 Å². The van der Waals surface area contributed by atoms with Crippen molar-refractivity contribution in [1.82, 2.24) is 10.2 Å². The number of ether oxygens (including phenoxy) is 2. The van der Waals surface area contributed by atoms with Gasteiger partial charge in [-0.2, -0.15) is 0 Å². The highest BCUT2D eigenvalue weighted by Crippen LogP contribution is 2.18. The molecule has 0 aliphatic carbocycles. The minimum atomic E-state index is -0.532. The lowest BCUT2D eigenvalue weighted by atomic mass is 10.1. The van der Waals surface area contributed by atoms with Gasteiger partial charge in [0.2, 0.25) is 11.8 Å². The Kier molecular flexibility index (Phi) is 11.0. The summed E-state index contributed by atoms with van der Waals surface area (Å²) in [6.07, 6.45) is 1.37. The Morgan fingerprint density at radius 1 is 1.03 bits per heavy atom. The topological polar surface area (TPSA) is 67.9 Å². The molecule has 2 rings (SSSR count). The molecule has 0 bridgehead atoms. The van der Waals surface area contributed by atoms with Crippen LogP contribution >= 0.6 is 11.6 Å². The van der Waals surface area contributed by atoms with Gasteiger partial charge >= 0.3 is 0 Å². The van der Waals surface area contributed by atoms with E-state index in [1.54, 1.807) is 36.3 Å². The summed E-state index contributed by atoms with van der Waals surface area (Å²) in [5, 5.41) is 3.62. The van der Waals surface area contributed by atoms with E-state index in [-0.39, 0.29) is 18.2 Å². The Morgan fingerprint density at radius 2 is 1.67 bits per heavy atom. The van der Waals surface area contributed by atoms with Gasteiger partial charge in [0.25, 0.3) is 0 Å². The van der Waals surface area contributed by atoms with E-state index in [9.17, 15) is 9.59 Å². The zero-order valence-electron chi connectivity index (χ0n) is 20.0. The first-order chi connectivity index (χ1) is 15.8. The zero-order chi connectivity index (χ0) is 24.2. The van der Waals surface area contributed by atoms with Crippen LogP contribution in [0.4, 0.5) is 0 Å². The SMILES string of the molecule is CC[C@H](C(=O)NCC(C)C)N(Cc1ccc(OC)cc1)C(=O)CCCOc1ccc(Cl)cc1. The van der Waals surface area contributed by atoms with Gasteiger partial charge in [-0.15, -0.1) is 0 Å². The van der Waals surface area contributed by atoms with E-state index in [1.807, 2.05) is 45.0 Å². The lowest BCUT2D eigenvalue weighted by Gasteiger charge is -2.31. The summed E-state index contributed by atoms with van der Waals surface area (Å²) < 4.78 is 10.9. The molecular weight excluding hydrogens is 440 g/mol. The van der Waals surface area contributed by atoms with Gasteiger partial charge in [-0.25, -0.2) is 0 Å². The number of halogens is 1. The van der Waals surface area contributed by atoms with E-state index in [1.165, 1.54) is 0 Å². The molecule has 0 aliphatic heterocycles. The van der Waals surface area contributed by atoms with Gasteiger partial charge in [0.15, 0.2) is 0 Å². The third-order valence-electron chi connectivity index (χ3n) is 5.20. The quantitative estimate of drug-likeness (QED) is 0.411. The highest BCUT2D eigenvalue weighted by Gasteiger charge is 2.28. The average molecular weight is 475 g/mol. The fraction of sp³-hybridized carbons (Fsp3) is 0.462. The average Bonchev–Trinajstić information content (AvgIpc) is 2.81. The molecule has 0 aliphatic rings.